The summed E-state index contributed by atoms with van der Waals surface area (Å²) < 4.78 is 0. The molecule has 102 valence electrons. The number of amides is 2. The van der Waals surface area contributed by atoms with Crippen LogP contribution in [0, 0.1) is 5.92 Å². The summed E-state index contributed by atoms with van der Waals surface area (Å²) >= 11 is 0. The van der Waals surface area contributed by atoms with Crippen molar-refractivity contribution in [1.82, 2.24) is 9.80 Å². The Bertz CT molecular complexity index is 332. The Kier molecular flexibility index (Phi) is 4.09. The van der Waals surface area contributed by atoms with Crippen molar-refractivity contribution in [2.45, 2.75) is 45.1 Å². The Morgan fingerprint density at radius 3 is 2.56 bits per heavy atom. The summed E-state index contributed by atoms with van der Waals surface area (Å²) in [6.07, 6.45) is 4.59. The van der Waals surface area contributed by atoms with Crippen LogP contribution in [-0.2, 0) is 4.79 Å². The van der Waals surface area contributed by atoms with Gasteiger partial charge in [-0.2, -0.15) is 0 Å². The van der Waals surface area contributed by atoms with Crippen LogP contribution in [-0.4, -0.2) is 52.6 Å². The van der Waals surface area contributed by atoms with Gasteiger partial charge in [-0.15, -0.1) is 0 Å². The van der Waals surface area contributed by atoms with Gasteiger partial charge in [0.15, 0.2) is 0 Å². The Morgan fingerprint density at radius 2 is 1.89 bits per heavy atom. The van der Waals surface area contributed by atoms with E-state index in [4.69, 9.17) is 0 Å². The molecule has 0 radical (unpaired) electrons. The average molecular weight is 254 g/mol. The number of urea groups is 1. The number of piperidine rings is 2. The van der Waals surface area contributed by atoms with E-state index in [9.17, 15) is 14.7 Å². The Hall–Kier alpha value is -1.26. The molecule has 0 bridgehead atoms. The predicted molar refractivity (Wildman–Crippen MR) is 67.3 cm³/mol. The molecule has 0 saturated carbocycles. The number of carbonyl (C=O) groups is 2. The van der Waals surface area contributed by atoms with Gasteiger partial charge in [0.1, 0.15) is 6.04 Å². The zero-order chi connectivity index (χ0) is 13.1. The van der Waals surface area contributed by atoms with Crippen molar-refractivity contribution in [3.8, 4) is 0 Å². The molecule has 2 heterocycles. The molecule has 2 atom stereocenters. The van der Waals surface area contributed by atoms with Crippen molar-refractivity contribution in [3.63, 3.8) is 0 Å². The number of carboxylic acids is 1. The predicted octanol–water partition coefficient (Wildman–Crippen LogP) is 1.78. The Morgan fingerprint density at radius 1 is 1.11 bits per heavy atom. The van der Waals surface area contributed by atoms with Gasteiger partial charge in [-0.3, -0.25) is 0 Å². The summed E-state index contributed by atoms with van der Waals surface area (Å²) in [4.78, 5) is 27.0. The average Bonchev–Trinajstić information content (AvgIpc) is 2.38. The van der Waals surface area contributed by atoms with Crippen LogP contribution in [0.3, 0.4) is 0 Å². The van der Waals surface area contributed by atoms with Crippen LogP contribution in [0.25, 0.3) is 0 Å². The third kappa shape index (κ3) is 2.76. The third-order valence-corrected chi connectivity index (χ3v) is 3.96. The minimum absolute atomic E-state index is 0.0753. The number of likely N-dealkylation sites (tertiary alicyclic amines) is 2. The molecule has 1 N–H and O–H groups in total. The maximum Gasteiger partial charge on any atom is 0.326 e. The van der Waals surface area contributed by atoms with E-state index in [1.54, 1.807) is 4.90 Å². The van der Waals surface area contributed by atoms with Crippen molar-refractivity contribution in [3.05, 3.63) is 0 Å². The summed E-state index contributed by atoms with van der Waals surface area (Å²) in [5.74, 6) is -0.344. The first-order chi connectivity index (χ1) is 8.59. The van der Waals surface area contributed by atoms with E-state index in [1.165, 1.54) is 0 Å². The molecular formula is C13H22N2O3. The van der Waals surface area contributed by atoms with E-state index in [0.29, 0.717) is 18.9 Å². The summed E-state index contributed by atoms with van der Waals surface area (Å²) in [6, 6.07) is -0.697. The lowest BCUT2D eigenvalue weighted by Gasteiger charge is -2.39. The molecule has 0 aromatic rings. The van der Waals surface area contributed by atoms with Crippen LogP contribution in [0.2, 0.25) is 0 Å². The fourth-order valence-electron chi connectivity index (χ4n) is 2.96. The first kappa shape index (κ1) is 13.2. The van der Waals surface area contributed by atoms with E-state index in [0.717, 1.165) is 38.8 Å². The van der Waals surface area contributed by atoms with Crippen LogP contribution in [0.15, 0.2) is 0 Å². The van der Waals surface area contributed by atoms with Gasteiger partial charge in [-0.05, 0) is 38.0 Å². The van der Waals surface area contributed by atoms with E-state index in [-0.39, 0.29) is 6.03 Å². The summed E-state index contributed by atoms with van der Waals surface area (Å²) in [6.45, 7) is 4.26. The molecule has 2 aliphatic heterocycles. The molecule has 0 aromatic carbocycles. The highest BCUT2D eigenvalue weighted by Gasteiger charge is 2.35. The largest absolute Gasteiger partial charge is 0.480 e. The summed E-state index contributed by atoms with van der Waals surface area (Å²) in [7, 11) is 0. The van der Waals surface area contributed by atoms with Crippen molar-refractivity contribution in [2.75, 3.05) is 19.6 Å². The van der Waals surface area contributed by atoms with Gasteiger partial charge in [-0.25, -0.2) is 9.59 Å². The van der Waals surface area contributed by atoms with Crippen molar-refractivity contribution in [1.29, 1.82) is 0 Å². The molecule has 0 aromatic heterocycles. The minimum atomic E-state index is -0.867. The standard InChI is InChI=1S/C13H22N2O3/c1-10-5-4-7-14(9-10)13(18)15-8-3-2-6-11(15)12(16)17/h10-11H,2-9H2,1H3,(H,16,17)/t10?,11-/m1/s1. The second kappa shape index (κ2) is 5.59. The number of hydrogen-bond acceptors (Lipinski definition) is 2. The van der Waals surface area contributed by atoms with Crippen LogP contribution in [0.1, 0.15) is 39.0 Å². The lowest BCUT2D eigenvalue weighted by molar-refractivity contribution is -0.143. The van der Waals surface area contributed by atoms with Crippen molar-refractivity contribution < 1.29 is 14.7 Å². The zero-order valence-corrected chi connectivity index (χ0v) is 11.0. The molecule has 1 unspecified atom stereocenters. The quantitative estimate of drug-likeness (QED) is 0.776. The van der Waals surface area contributed by atoms with E-state index < -0.39 is 12.0 Å². The summed E-state index contributed by atoms with van der Waals surface area (Å²) in [5.41, 5.74) is 0. The maximum atomic E-state index is 12.4. The van der Waals surface area contributed by atoms with Gasteiger partial charge in [0.25, 0.3) is 0 Å². The van der Waals surface area contributed by atoms with E-state index >= 15 is 0 Å². The molecule has 2 fully saturated rings. The smallest absolute Gasteiger partial charge is 0.326 e. The van der Waals surface area contributed by atoms with Gasteiger partial charge in [0.2, 0.25) is 0 Å². The van der Waals surface area contributed by atoms with Crippen LogP contribution in [0.5, 0.6) is 0 Å². The number of carboxylic acid groups (broad SMARTS) is 1. The SMILES string of the molecule is CC1CCCN(C(=O)N2CCCC[C@@H]2C(=O)O)C1. The van der Waals surface area contributed by atoms with Gasteiger partial charge in [0.05, 0.1) is 0 Å². The van der Waals surface area contributed by atoms with Crippen LogP contribution >= 0.6 is 0 Å². The Labute approximate surface area is 108 Å². The first-order valence-corrected chi connectivity index (χ1v) is 6.88. The molecule has 2 rings (SSSR count). The molecule has 0 aliphatic carbocycles. The van der Waals surface area contributed by atoms with Gasteiger partial charge in [-0.1, -0.05) is 6.92 Å². The fraction of sp³-hybridized carbons (Fsp3) is 0.846. The molecule has 18 heavy (non-hydrogen) atoms. The van der Waals surface area contributed by atoms with Gasteiger partial charge in [0, 0.05) is 19.6 Å². The second-order valence-corrected chi connectivity index (χ2v) is 5.52. The number of carbonyl (C=O) groups excluding carboxylic acids is 1. The van der Waals surface area contributed by atoms with Crippen molar-refractivity contribution in [2.24, 2.45) is 5.92 Å². The van der Waals surface area contributed by atoms with Gasteiger partial charge >= 0.3 is 12.0 Å². The number of hydrogen-bond donors (Lipinski definition) is 1. The van der Waals surface area contributed by atoms with E-state index in [1.807, 2.05) is 4.90 Å². The van der Waals surface area contributed by atoms with Crippen LogP contribution in [0.4, 0.5) is 4.79 Å². The monoisotopic (exact) mass is 254 g/mol. The number of rotatable bonds is 1. The maximum absolute atomic E-state index is 12.4. The van der Waals surface area contributed by atoms with Crippen LogP contribution < -0.4 is 0 Å². The number of nitrogens with zero attached hydrogens (tertiary/aromatic N) is 2. The highest BCUT2D eigenvalue weighted by Crippen LogP contribution is 2.22. The zero-order valence-electron chi connectivity index (χ0n) is 11.0. The second-order valence-electron chi connectivity index (χ2n) is 5.52. The molecule has 5 nitrogen and oxygen atoms in total. The van der Waals surface area contributed by atoms with E-state index in [2.05, 4.69) is 6.92 Å². The highest BCUT2D eigenvalue weighted by molar-refractivity contribution is 5.83. The molecule has 2 saturated heterocycles. The highest BCUT2D eigenvalue weighted by atomic mass is 16.4. The Balaban J connectivity index is 2.03. The summed E-state index contributed by atoms with van der Waals surface area (Å²) in [5, 5.41) is 9.20. The van der Waals surface area contributed by atoms with Gasteiger partial charge < -0.3 is 14.9 Å². The minimum Gasteiger partial charge on any atom is -0.480 e. The molecule has 2 amide bonds. The molecule has 0 spiro atoms. The number of aliphatic carboxylic acids is 1. The molecule has 5 heteroatoms. The third-order valence-electron chi connectivity index (χ3n) is 3.96. The lowest BCUT2D eigenvalue weighted by Crippen LogP contribution is -2.54. The molecule has 2 aliphatic rings. The topological polar surface area (TPSA) is 60.9 Å². The normalized spacial score (nSPS) is 29.2. The first-order valence-electron chi connectivity index (χ1n) is 6.88. The fourth-order valence-corrected chi connectivity index (χ4v) is 2.96. The molecular weight excluding hydrogens is 232 g/mol. The lowest BCUT2D eigenvalue weighted by atomic mass is 9.99. The van der Waals surface area contributed by atoms with Crippen molar-refractivity contribution >= 4 is 12.0 Å².